The molecule has 1 aromatic rings. The fourth-order valence-electron chi connectivity index (χ4n) is 2.72. The predicted molar refractivity (Wildman–Crippen MR) is 101 cm³/mol. The van der Waals surface area contributed by atoms with Crippen molar-refractivity contribution in [1.82, 2.24) is 0 Å². The molecule has 1 aliphatic rings. The van der Waals surface area contributed by atoms with Crippen molar-refractivity contribution in [2.24, 2.45) is 16.3 Å². The van der Waals surface area contributed by atoms with Gasteiger partial charge in [-0.25, -0.2) is 8.78 Å². The topological polar surface area (TPSA) is 29.4 Å². The van der Waals surface area contributed by atoms with Crippen LogP contribution in [0.1, 0.15) is 44.5 Å². The Morgan fingerprint density at radius 2 is 1.92 bits per heavy atom. The fourth-order valence-corrected chi connectivity index (χ4v) is 2.72. The van der Waals surface area contributed by atoms with Crippen LogP contribution in [0.5, 0.6) is 0 Å². The van der Waals surface area contributed by atoms with Crippen LogP contribution in [0.15, 0.2) is 47.5 Å². The van der Waals surface area contributed by atoms with Crippen molar-refractivity contribution >= 4 is 12.0 Å². The standard InChI is InChI=1S/C22H23F2NO/c1-21(2,3)10-7-5-6-9-19(22(4)11-8-12-25-22)20(26)16-13-17(23)15-18(24)14-16/h5-6,8,11-15,19H,9H2,1-4H3. The Bertz CT molecular complexity index is 800. The molecule has 0 N–H and O–H groups in total. The molecule has 1 aromatic carbocycles. The highest BCUT2D eigenvalue weighted by Gasteiger charge is 2.37. The molecule has 2 rings (SSSR count). The number of aliphatic imine (C=N–C) groups is 1. The highest BCUT2D eigenvalue weighted by atomic mass is 19.1. The Labute approximate surface area is 153 Å². The lowest BCUT2D eigenvalue weighted by Gasteiger charge is -2.28. The van der Waals surface area contributed by atoms with Crippen LogP contribution >= 0.6 is 0 Å². The molecule has 2 atom stereocenters. The molecule has 0 aromatic heterocycles. The lowest BCUT2D eigenvalue weighted by Crippen LogP contribution is -2.35. The lowest BCUT2D eigenvalue weighted by atomic mass is 9.79. The minimum absolute atomic E-state index is 0.0124. The molecule has 0 saturated carbocycles. The van der Waals surface area contributed by atoms with Crippen LogP contribution in [-0.2, 0) is 0 Å². The molecule has 0 fully saturated rings. The van der Waals surface area contributed by atoms with Crippen LogP contribution in [0.4, 0.5) is 8.78 Å². The number of benzene rings is 1. The quantitative estimate of drug-likeness (QED) is 0.530. The van der Waals surface area contributed by atoms with Crippen molar-refractivity contribution in [3.63, 3.8) is 0 Å². The van der Waals surface area contributed by atoms with Gasteiger partial charge < -0.3 is 0 Å². The number of allylic oxidation sites excluding steroid dienone is 3. The van der Waals surface area contributed by atoms with Crippen LogP contribution < -0.4 is 0 Å². The van der Waals surface area contributed by atoms with E-state index in [1.165, 1.54) is 0 Å². The maximum atomic E-state index is 13.5. The zero-order chi connectivity index (χ0) is 19.4. The number of hydrogen-bond acceptors (Lipinski definition) is 2. The van der Waals surface area contributed by atoms with Crippen LogP contribution in [-0.4, -0.2) is 17.5 Å². The van der Waals surface area contributed by atoms with Crippen LogP contribution in [0.25, 0.3) is 0 Å². The number of halogens is 2. The average molecular weight is 355 g/mol. The van der Waals surface area contributed by atoms with E-state index >= 15 is 0 Å². The maximum Gasteiger partial charge on any atom is 0.169 e. The number of rotatable bonds is 5. The Hall–Kier alpha value is -2.54. The Kier molecular flexibility index (Phi) is 5.92. The first kappa shape index (κ1) is 19.8. The zero-order valence-electron chi connectivity index (χ0n) is 15.5. The van der Waals surface area contributed by atoms with Gasteiger partial charge in [0.25, 0.3) is 0 Å². The summed E-state index contributed by atoms with van der Waals surface area (Å²) in [6, 6.07) is 2.88. The van der Waals surface area contributed by atoms with Gasteiger partial charge in [-0.3, -0.25) is 9.79 Å². The van der Waals surface area contributed by atoms with Gasteiger partial charge in [-0.1, -0.05) is 24.0 Å². The second-order valence-electron chi connectivity index (χ2n) is 7.60. The van der Waals surface area contributed by atoms with Gasteiger partial charge in [-0.2, -0.15) is 0 Å². The first-order chi connectivity index (χ1) is 12.1. The molecule has 1 heterocycles. The summed E-state index contributed by atoms with van der Waals surface area (Å²) < 4.78 is 27.0. The number of hydrogen-bond donors (Lipinski definition) is 0. The molecule has 26 heavy (non-hydrogen) atoms. The van der Waals surface area contributed by atoms with E-state index in [9.17, 15) is 13.6 Å². The smallest absolute Gasteiger partial charge is 0.169 e. The van der Waals surface area contributed by atoms with Crippen molar-refractivity contribution in [3.8, 4) is 11.8 Å². The van der Waals surface area contributed by atoms with E-state index in [2.05, 4.69) is 16.8 Å². The minimum atomic E-state index is -0.769. The summed E-state index contributed by atoms with van der Waals surface area (Å²) in [5, 5.41) is 0. The van der Waals surface area contributed by atoms with Gasteiger partial charge in [0.2, 0.25) is 0 Å². The molecule has 4 heteroatoms. The van der Waals surface area contributed by atoms with Crippen LogP contribution in [0.2, 0.25) is 0 Å². The molecule has 2 unspecified atom stereocenters. The van der Waals surface area contributed by atoms with Crippen LogP contribution in [0.3, 0.4) is 0 Å². The molecule has 136 valence electrons. The van der Waals surface area contributed by atoms with Crippen molar-refractivity contribution < 1.29 is 13.6 Å². The number of Topliss-reactive ketones (excluding diaryl/α,β-unsaturated/α-hetero) is 1. The third-order valence-corrected chi connectivity index (χ3v) is 4.06. The van der Waals surface area contributed by atoms with E-state index < -0.39 is 23.1 Å². The van der Waals surface area contributed by atoms with Gasteiger partial charge in [0.05, 0.1) is 11.5 Å². The minimum Gasteiger partial charge on any atom is -0.294 e. The molecule has 0 amide bonds. The zero-order valence-corrected chi connectivity index (χ0v) is 15.5. The first-order valence-corrected chi connectivity index (χ1v) is 8.52. The van der Waals surface area contributed by atoms with E-state index in [0.29, 0.717) is 6.42 Å². The van der Waals surface area contributed by atoms with E-state index in [1.807, 2.05) is 39.8 Å². The van der Waals surface area contributed by atoms with Gasteiger partial charge in [0.1, 0.15) is 11.6 Å². The van der Waals surface area contributed by atoms with Crippen LogP contribution in [0, 0.1) is 34.8 Å². The van der Waals surface area contributed by atoms with E-state index in [0.717, 1.165) is 18.2 Å². The summed E-state index contributed by atoms with van der Waals surface area (Å²) in [4.78, 5) is 17.3. The molecule has 1 aliphatic heterocycles. The second kappa shape index (κ2) is 7.78. The number of carbonyl (C=O) groups is 1. The van der Waals surface area contributed by atoms with E-state index in [4.69, 9.17) is 0 Å². The van der Waals surface area contributed by atoms with Crippen molar-refractivity contribution in [2.45, 2.75) is 39.7 Å². The molecule has 0 bridgehead atoms. The van der Waals surface area contributed by atoms with Gasteiger partial charge in [0.15, 0.2) is 5.78 Å². The third-order valence-electron chi connectivity index (χ3n) is 4.06. The predicted octanol–water partition coefficient (Wildman–Crippen LogP) is 5.16. The normalized spacial score (nSPS) is 20.2. The van der Waals surface area contributed by atoms with Gasteiger partial charge >= 0.3 is 0 Å². The molecular formula is C22H23F2NO. The summed E-state index contributed by atoms with van der Waals surface area (Å²) in [6.07, 6.45) is 9.13. The highest BCUT2D eigenvalue weighted by molar-refractivity contribution is 5.99. The lowest BCUT2D eigenvalue weighted by molar-refractivity contribution is 0.0883. The van der Waals surface area contributed by atoms with Gasteiger partial charge in [0, 0.05) is 23.3 Å². The SMILES string of the molecule is CC(C)(C)C#CC=CCC(C(=O)c1cc(F)cc(F)c1)C1(C)C=CC=N1. The van der Waals surface area contributed by atoms with E-state index in [-0.39, 0.29) is 16.8 Å². The van der Waals surface area contributed by atoms with Crippen molar-refractivity contribution in [1.29, 1.82) is 0 Å². The Balaban J connectivity index is 2.28. The average Bonchev–Trinajstić information content (AvgIpc) is 2.95. The molecule has 0 radical (unpaired) electrons. The van der Waals surface area contributed by atoms with Gasteiger partial charge in [-0.15, -0.1) is 0 Å². The van der Waals surface area contributed by atoms with Crippen molar-refractivity contribution in [2.75, 3.05) is 0 Å². The number of nitrogens with zero attached hydrogens (tertiary/aromatic N) is 1. The Morgan fingerprint density at radius 1 is 1.27 bits per heavy atom. The second-order valence-corrected chi connectivity index (χ2v) is 7.60. The monoisotopic (exact) mass is 355 g/mol. The molecule has 0 aliphatic carbocycles. The maximum absolute atomic E-state index is 13.5. The molecule has 0 saturated heterocycles. The number of carbonyl (C=O) groups excluding carboxylic acids is 1. The first-order valence-electron chi connectivity index (χ1n) is 8.52. The Morgan fingerprint density at radius 3 is 2.46 bits per heavy atom. The molecule has 2 nitrogen and oxygen atoms in total. The molecule has 0 spiro atoms. The fraction of sp³-hybridized carbons (Fsp3) is 0.364. The third kappa shape index (κ3) is 5.23. The number of ketones is 1. The largest absolute Gasteiger partial charge is 0.294 e. The summed E-state index contributed by atoms with van der Waals surface area (Å²) in [6.45, 7) is 7.87. The summed E-state index contributed by atoms with van der Waals surface area (Å²) in [5.41, 5.74) is -0.844. The molecular weight excluding hydrogens is 332 g/mol. The van der Waals surface area contributed by atoms with Gasteiger partial charge in [-0.05, 0) is 58.4 Å². The van der Waals surface area contributed by atoms with Crippen molar-refractivity contribution in [3.05, 3.63) is 59.7 Å². The summed E-state index contributed by atoms with van der Waals surface area (Å²) >= 11 is 0. The summed E-state index contributed by atoms with van der Waals surface area (Å²) in [7, 11) is 0. The van der Waals surface area contributed by atoms with E-state index in [1.54, 1.807) is 18.4 Å². The summed E-state index contributed by atoms with van der Waals surface area (Å²) in [5.74, 6) is 3.59. The highest BCUT2D eigenvalue weighted by Crippen LogP contribution is 2.32.